The number of nitrogens with zero attached hydrogens (tertiary/aromatic N) is 3. The van der Waals surface area contributed by atoms with Gasteiger partial charge in [0, 0.05) is 18.6 Å². The van der Waals surface area contributed by atoms with Crippen LogP contribution in [0, 0.1) is 0 Å². The van der Waals surface area contributed by atoms with Crippen molar-refractivity contribution < 1.29 is 17.9 Å². The Morgan fingerprint density at radius 1 is 1.20 bits per heavy atom. The number of aromatic nitrogens is 3. The van der Waals surface area contributed by atoms with Crippen molar-refractivity contribution in [3.8, 4) is 5.75 Å². The minimum absolute atomic E-state index is 0.00580. The summed E-state index contributed by atoms with van der Waals surface area (Å²) in [6, 6.07) is 9.91. The van der Waals surface area contributed by atoms with Gasteiger partial charge in [0.15, 0.2) is 0 Å². The number of rotatable bonds is 6. The summed E-state index contributed by atoms with van der Waals surface area (Å²) >= 11 is 0. The van der Waals surface area contributed by atoms with Gasteiger partial charge in [0.2, 0.25) is 0 Å². The van der Waals surface area contributed by atoms with Gasteiger partial charge in [-0.25, -0.2) is 13.1 Å². The van der Waals surface area contributed by atoms with Crippen molar-refractivity contribution in [3.63, 3.8) is 0 Å². The summed E-state index contributed by atoms with van der Waals surface area (Å²) in [6.45, 7) is 6.41. The summed E-state index contributed by atoms with van der Waals surface area (Å²) in [5.74, 6) is -0.658. The quantitative estimate of drug-likeness (QED) is 0.648. The molecule has 3 aromatic rings. The number of sulfonamides is 1. The number of hydrogen-bond acceptors (Lipinski definition) is 6. The second kappa shape index (κ2) is 8.27. The molecule has 0 aliphatic carbocycles. The summed E-state index contributed by atoms with van der Waals surface area (Å²) in [5.41, 5.74) is 1.36. The average molecular weight is 429 g/mol. The molecular weight excluding hydrogens is 404 g/mol. The maximum Gasteiger partial charge on any atom is 0.283 e. The molecule has 2 heterocycles. The third kappa shape index (κ3) is 4.85. The Hall–Kier alpha value is -3.20. The summed E-state index contributed by atoms with van der Waals surface area (Å²) in [5, 5.41) is 4.11. The van der Waals surface area contributed by atoms with Crippen molar-refractivity contribution >= 4 is 15.9 Å². The lowest BCUT2D eigenvalue weighted by Crippen LogP contribution is -2.31. The van der Waals surface area contributed by atoms with E-state index in [1.807, 2.05) is 33.0 Å². The summed E-state index contributed by atoms with van der Waals surface area (Å²) in [6.07, 6.45) is 5.00. The van der Waals surface area contributed by atoms with E-state index in [2.05, 4.69) is 14.8 Å². The minimum Gasteiger partial charge on any atom is -0.495 e. The van der Waals surface area contributed by atoms with E-state index in [1.165, 1.54) is 25.4 Å². The van der Waals surface area contributed by atoms with Crippen LogP contribution in [0.3, 0.4) is 0 Å². The van der Waals surface area contributed by atoms with Crippen molar-refractivity contribution in [1.29, 1.82) is 0 Å². The third-order valence-electron chi connectivity index (χ3n) is 4.51. The number of amides is 1. The van der Waals surface area contributed by atoms with E-state index in [9.17, 15) is 13.2 Å². The van der Waals surface area contributed by atoms with Gasteiger partial charge in [-0.05, 0) is 40.8 Å². The summed E-state index contributed by atoms with van der Waals surface area (Å²) < 4.78 is 34.8. The smallest absolute Gasteiger partial charge is 0.283 e. The first kappa shape index (κ1) is 21.5. The standard InChI is InChI=1S/C21H24N4O4S/c1-21(2,3)16-7-9-18(29-4)19(12-16)30(27,28)24-20(26)17-8-6-15(13-22-17)14-25-11-5-10-23-25/h5-13H,14H2,1-4H3,(H,24,26). The maximum atomic E-state index is 12.9. The maximum absolute atomic E-state index is 12.9. The molecule has 0 spiro atoms. The van der Waals surface area contributed by atoms with Crippen LogP contribution in [-0.2, 0) is 22.0 Å². The second-order valence-electron chi connectivity index (χ2n) is 7.81. The molecule has 0 atom stereocenters. The van der Waals surface area contributed by atoms with E-state index in [4.69, 9.17) is 4.74 Å². The first-order valence-corrected chi connectivity index (χ1v) is 10.8. The molecule has 1 aromatic carbocycles. The van der Waals surface area contributed by atoms with Gasteiger partial charge in [-0.3, -0.25) is 14.5 Å². The van der Waals surface area contributed by atoms with E-state index in [0.717, 1.165) is 11.1 Å². The lowest BCUT2D eigenvalue weighted by atomic mass is 9.87. The molecule has 3 rings (SSSR count). The largest absolute Gasteiger partial charge is 0.495 e. The van der Waals surface area contributed by atoms with Gasteiger partial charge in [-0.15, -0.1) is 0 Å². The molecule has 0 bridgehead atoms. The Morgan fingerprint density at radius 3 is 2.53 bits per heavy atom. The molecule has 158 valence electrons. The Morgan fingerprint density at radius 2 is 1.97 bits per heavy atom. The SMILES string of the molecule is COc1ccc(C(C)(C)C)cc1S(=O)(=O)NC(=O)c1ccc(Cn2cccn2)cn1. The number of benzene rings is 1. The predicted molar refractivity (Wildman–Crippen MR) is 112 cm³/mol. The highest BCUT2D eigenvalue weighted by atomic mass is 32.2. The molecule has 1 amide bonds. The lowest BCUT2D eigenvalue weighted by molar-refractivity contribution is 0.0976. The Bertz CT molecular complexity index is 1130. The number of hydrogen-bond donors (Lipinski definition) is 1. The van der Waals surface area contributed by atoms with Gasteiger partial charge >= 0.3 is 0 Å². The third-order valence-corrected chi connectivity index (χ3v) is 5.86. The number of methoxy groups -OCH3 is 1. The lowest BCUT2D eigenvalue weighted by Gasteiger charge is -2.21. The zero-order chi connectivity index (χ0) is 21.9. The Labute approximate surface area is 176 Å². The molecule has 0 aliphatic heterocycles. The number of pyridine rings is 1. The zero-order valence-electron chi connectivity index (χ0n) is 17.3. The van der Waals surface area contributed by atoms with E-state index in [-0.39, 0.29) is 21.8 Å². The van der Waals surface area contributed by atoms with E-state index < -0.39 is 15.9 Å². The van der Waals surface area contributed by atoms with Crippen LogP contribution in [0.4, 0.5) is 0 Å². The second-order valence-corrected chi connectivity index (χ2v) is 9.46. The van der Waals surface area contributed by atoms with Crippen LogP contribution in [-0.4, -0.2) is 36.2 Å². The summed E-state index contributed by atoms with van der Waals surface area (Å²) in [7, 11) is -2.78. The Kier molecular flexibility index (Phi) is 5.93. The number of carbonyl (C=O) groups is 1. The highest BCUT2D eigenvalue weighted by molar-refractivity contribution is 7.90. The van der Waals surface area contributed by atoms with Gasteiger partial charge in [0.1, 0.15) is 16.3 Å². The van der Waals surface area contributed by atoms with Crippen LogP contribution in [0.5, 0.6) is 5.75 Å². The van der Waals surface area contributed by atoms with Crippen molar-refractivity contribution in [2.24, 2.45) is 0 Å². The number of carbonyl (C=O) groups excluding carboxylic acids is 1. The van der Waals surface area contributed by atoms with Crippen LogP contribution in [0.25, 0.3) is 0 Å². The average Bonchev–Trinajstić information content (AvgIpc) is 3.20. The topological polar surface area (TPSA) is 103 Å². The fraction of sp³-hybridized carbons (Fsp3) is 0.286. The molecular formula is C21H24N4O4S. The Balaban J connectivity index is 1.82. The highest BCUT2D eigenvalue weighted by Crippen LogP contribution is 2.30. The molecule has 0 saturated heterocycles. The number of nitrogens with one attached hydrogen (secondary N) is 1. The molecule has 30 heavy (non-hydrogen) atoms. The molecule has 0 fully saturated rings. The summed E-state index contributed by atoms with van der Waals surface area (Å²) in [4.78, 5) is 16.5. The van der Waals surface area contributed by atoms with Crippen LogP contribution in [0.2, 0.25) is 0 Å². The molecule has 0 radical (unpaired) electrons. The highest BCUT2D eigenvalue weighted by Gasteiger charge is 2.26. The number of ether oxygens (including phenoxy) is 1. The van der Waals surface area contributed by atoms with Crippen LogP contribution >= 0.6 is 0 Å². The molecule has 0 unspecified atom stereocenters. The van der Waals surface area contributed by atoms with Crippen LogP contribution in [0.1, 0.15) is 42.4 Å². The first-order chi connectivity index (χ1) is 14.1. The van der Waals surface area contributed by atoms with Gasteiger partial charge in [0.25, 0.3) is 15.9 Å². The molecule has 8 nitrogen and oxygen atoms in total. The molecule has 2 aromatic heterocycles. The molecule has 1 N–H and O–H groups in total. The molecule has 0 saturated carbocycles. The van der Waals surface area contributed by atoms with Crippen LogP contribution < -0.4 is 9.46 Å². The van der Waals surface area contributed by atoms with Gasteiger partial charge in [0.05, 0.1) is 13.7 Å². The minimum atomic E-state index is -4.16. The van der Waals surface area contributed by atoms with Crippen molar-refractivity contribution in [1.82, 2.24) is 19.5 Å². The van der Waals surface area contributed by atoms with E-state index in [0.29, 0.717) is 6.54 Å². The van der Waals surface area contributed by atoms with Gasteiger partial charge in [-0.1, -0.05) is 32.9 Å². The monoisotopic (exact) mass is 428 g/mol. The molecule has 0 aliphatic rings. The fourth-order valence-corrected chi connectivity index (χ4v) is 3.97. The molecule has 9 heteroatoms. The fourth-order valence-electron chi connectivity index (χ4n) is 2.82. The predicted octanol–water partition coefficient (Wildman–Crippen LogP) is 2.75. The van der Waals surface area contributed by atoms with E-state index in [1.54, 1.807) is 29.1 Å². The van der Waals surface area contributed by atoms with Crippen molar-refractivity contribution in [3.05, 3.63) is 71.8 Å². The van der Waals surface area contributed by atoms with Crippen molar-refractivity contribution in [2.75, 3.05) is 7.11 Å². The van der Waals surface area contributed by atoms with Crippen molar-refractivity contribution in [2.45, 2.75) is 37.6 Å². The van der Waals surface area contributed by atoms with Gasteiger partial charge < -0.3 is 4.74 Å². The normalized spacial score (nSPS) is 11.9. The van der Waals surface area contributed by atoms with Gasteiger partial charge in [-0.2, -0.15) is 5.10 Å². The van der Waals surface area contributed by atoms with E-state index >= 15 is 0 Å². The van der Waals surface area contributed by atoms with Crippen LogP contribution in [0.15, 0.2) is 59.9 Å². The first-order valence-electron chi connectivity index (χ1n) is 9.28. The zero-order valence-corrected chi connectivity index (χ0v) is 18.1.